The van der Waals surface area contributed by atoms with Crippen molar-refractivity contribution in [3.05, 3.63) is 42.7 Å². The summed E-state index contributed by atoms with van der Waals surface area (Å²) in [5.74, 6) is 0. The van der Waals surface area contributed by atoms with E-state index < -0.39 is 0 Å². The van der Waals surface area contributed by atoms with E-state index in [1.807, 2.05) is 48.4 Å². The number of anilines is 1. The Balaban J connectivity index is 1.61. The maximum absolute atomic E-state index is 12.4. The lowest BCUT2D eigenvalue weighted by molar-refractivity contribution is 0.0970. The third-order valence-corrected chi connectivity index (χ3v) is 4.04. The Kier molecular flexibility index (Phi) is 4.92. The van der Waals surface area contributed by atoms with Crippen LogP contribution in [0.2, 0.25) is 0 Å². The second-order valence-electron chi connectivity index (χ2n) is 5.58. The highest BCUT2D eigenvalue weighted by atomic mass is 16.5. The lowest BCUT2D eigenvalue weighted by Gasteiger charge is -2.24. The van der Waals surface area contributed by atoms with Gasteiger partial charge in [-0.3, -0.25) is 0 Å². The Morgan fingerprint density at radius 1 is 1.39 bits per heavy atom. The van der Waals surface area contributed by atoms with Gasteiger partial charge in [0.05, 0.1) is 18.3 Å². The number of ether oxygens (including phenoxy) is 1. The predicted octanol–water partition coefficient (Wildman–Crippen LogP) is 2.91. The van der Waals surface area contributed by atoms with Crippen molar-refractivity contribution >= 4 is 11.7 Å². The van der Waals surface area contributed by atoms with Crippen molar-refractivity contribution in [2.75, 3.05) is 25.1 Å². The van der Waals surface area contributed by atoms with Crippen molar-refractivity contribution in [3.63, 3.8) is 0 Å². The van der Waals surface area contributed by atoms with Crippen LogP contribution < -0.4 is 5.32 Å². The van der Waals surface area contributed by atoms with E-state index in [2.05, 4.69) is 10.4 Å². The van der Waals surface area contributed by atoms with E-state index in [9.17, 15) is 4.79 Å². The van der Waals surface area contributed by atoms with Gasteiger partial charge in [-0.05, 0) is 50.1 Å². The highest BCUT2D eigenvalue weighted by molar-refractivity contribution is 5.89. The summed E-state index contributed by atoms with van der Waals surface area (Å²) in [6.07, 6.45) is 5.66. The quantitative estimate of drug-likeness (QED) is 0.923. The maximum atomic E-state index is 12.4. The number of nitrogens with zero attached hydrogens (tertiary/aromatic N) is 3. The van der Waals surface area contributed by atoms with Crippen LogP contribution in [0.1, 0.15) is 19.8 Å². The first-order valence-corrected chi connectivity index (χ1v) is 8.03. The molecule has 1 aromatic carbocycles. The maximum Gasteiger partial charge on any atom is 0.322 e. The minimum absolute atomic E-state index is 0.0564. The highest BCUT2D eigenvalue weighted by Gasteiger charge is 2.28. The SMILES string of the molecule is CCOC[C@@H]1CCCN1C(=O)Nc1ccc(-n2cccn2)cc1. The Morgan fingerprint density at radius 2 is 2.22 bits per heavy atom. The Morgan fingerprint density at radius 3 is 2.91 bits per heavy atom. The summed E-state index contributed by atoms with van der Waals surface area (Å²) in [6, 6.07) is 9.65. The minimum Gasteiger partial charge on any atom is -0.380 e. The number of hydrogen-bond acceptors (Lipinski definition) is 3. The molecule has 1 N–H and O–H groups in total. The van der Waals surface area contributed by atoms with Gasteiger partial charge in [0.25, 0.3) is 0 Å². The van der Waals surface area contributed by atoms with Gasteiger partial charge >= 0.3 is 6.03 Å². The molecule has 3 rings (SSSR count). The van der Waals surface area contributed by atoms with E-state index >= 15 is 0 Å². The fraction of sp³-hybridized carbons (Fsp3) is 0.412. The number of benzene rings is 1. The average Bonchev–Trinajstić information content (AvgIpc) is 3.25. The van der Waals surface area contributed by atoms with Crippen molar-refractivity contribution in [2.24, 2.45) is 0 Å². The van der Waals surface area contributed by atoms with Gasteiger partial charge in [0.2, 0.25) is 0 Å². The molecule has 6 nitrogen and oxygen atoms in total. The van der Waals surface area contributed by atoms with Gasteiger partial charge in [0, 0.05) is 31.2 Å². The molecule has 2 amide bonds. The molecular weight excluding hydrogens is 292 g/mol. The van der Waals surface area contributed by atoms with E-state index in [4.69, 9.17) is 4.74 Å². The molecule has 23 heavy (non-hydrogen) atoms. The Hall–Kier alpha value is -2.34. The molecule has 1 aliphatic heterocycles. The fourth-order valence-corrected chi connectivity index (χ4v) is 2.84. The van der Waals surface area contributed by atoms with E-state index in [-0.39, 0.29) is 12.1 Å². The van der Waals surface area contributed by atoms with Crippen LogP contribution in [0.15, 0.2) is 42.7 Å². The number of rotatable bonds is 5. The second-order valence-corrected chi connectivity index (χ2v) is 5.58. The molecule has 0 aliphatic carbocycles. The molecule has 0 spiro atoms. The number of urea groups is 1. The van der Waals surface area contributed by atoms with Crippen molar-refractivity contribution in [3.8, 4) is 5.69 Å². The van der Waals surface area contributed by atoms with Crippen LogP contribution in [-0.2, 0) is 4.74 Å². The molecule has 1 aromatic heterocycles. The van der Waals surface area contributed by atoms with Gasteiger partial charge < -0.3 is 15.0 Å². The zero-order chi connectivity index (χ0) is 16.1. The number of aromatic nitrogens is 2. The lowest BCUT2D eigenvalue weighted by atomic mass is 10.2. The molecule has 0 saturated carbocycles. The first-order chi connectivity index (χ1) is 11.3. The van der Waals surface area contributed by atoms with Crippen LogP contribution in [0.4, 0.5) is 10.5 Å². The van der Waals surface area contributed by atoms with E-state index in [1.165, 1.54) is 0 Å². The van der Waals surface area contributed by atoms with Gasteiger partial charge in [-0.25, -0.2) is 9.48 Å². The zero-order valence-corrected chi connectivity index (χ0v) is 13.3. The molecule has 6 heteroatoms. The van der Waals surface area contributed by atoms with Crippen LogP contribution in [0.3, 0.4) is 0 Å². The summed E-state index contributed by atoms with van der Waals surface area (Å²) in [6.45, 7) is 4.05. The first-order valence-electron chi connectivity index (χ1n) is 8.03. The van der Waals surface area contributed by atoms with E-state index in [1.54, 1.807) is 10.9 Å². The summed E-state index contributed by atoms with van der Waals surface area (Å²) in [5.41, 5.74) is 1.75. The fourth-order valence-electron chi connectivity index (χ4n) is 2.84. The summed E-state index contributed by atoms with van der Waals surface area (Å²) >= 11 is 0. The molecule has 2 aromatic rings. The number of hydrogen-bond donors (Lipinski definition) is 1. The van der Waals surface area contributed by atoms with Crippen LogP contribution in [-0.4, -0.2) is 46.5 Å². The first kappa shape index (κ1) is 15.6. The van der Waals surface area contributed by atoms with Gasteiger partial charge in [0.1, 0.15) is 0 Å². The molecule has 0 unspecified atom stereocenters. The predicted molar refractivity (Wildman–Crippen MR) is 88.8 cm³/mol. The standard InChI is InChI=1S/C17H22N4O2/c1-2-23-13-16-5-3-11-20(16)17(22)19-14-6-8-15(9-7-14)21-12-4-10-18-21/h4,6-10,12,16H,2-3,5,11,13H2,1H3,(H,19,22)/t16-/m0/s1. The van der Waals surface area contributed by atoms with Crippen LogP contribution >= 0.6 is 0 Å². The minimum atomic E-state index is -0.0564. The number of nitrogens with one attached hydrogen (secondary N) is 1. The molecule has 1 atom stereocenters. The summed E-state index contributed by atoms with van der Waals surface area (Å²) in [5, 5.41) is 7.15. The molecular formula is C17H22N4O2. The Labute approximate surface area is 136 Å². The number of carbonyl (C=O) groups excluding carboxylic acids is 1. The summed E-state index contributed by atoms with van der Waals surface area (Å²) in [4.78, 5) is 14.3. The van der Waals surface area contributed by atoms with Crippen molar-refractivity contribution in [1.29, 1.82) is 0 Å². The lowest BCUT2D eigenvalue weighted by Crippen LogP contribution is -2.41. The van der Waals surface area contributed by atoms with Gasteiger partial charge in [-0.1, -0.05) is 0 Å². The topological polar surface area (TPSA) is 59.4 Å². The Bertz CT molecular complexity index is 625. The third kappa shape index (κ3) is 3.71. The molecule has 2 heterocycles. The zero-order valence-electron chi connectivity index (χ0n) is 13.3. The van der Waals surface area contributed by atoms with Crippen LogP contribution in [0, 0.1) is 0 Å². The molecule has 122 valence electrons. The molecule has 0 radical (unpaired) electrons. The van der Waals surface area contributed by atoms with Crippen molar-refractivity contribution in [1.82, 2.24) is 14.7 Å². The largest absolute Gasteiger partial charge is 0.380 e. The van der Waals surface area contributed by atoms with Crippen molar-refractivity contribution in [2.45, 2.75) is 25.8 Å². The summed E-state index contributed by atoms with van der Waals surface area (Å²) in [7, 11) is 0. The smallest absolute Gasteiger partial charge is 0.322 e. The summed E-state index contributed by atoms with van der Waals surface area (Å²) < 4.78 is 7.26. The number of amides is 2. The monoisotopic (exact) mass is 314 g/mol. The average molecular weight is 314 g/mol. The number of likely N-dealkylation sites (tertiary alicyclic amines) is 1. The molecule has 0 bridgehead atoms. The molecule has 1 saturated heterocycles. The van der Waals surface area contributed by atoms with Gasteiger partial charge in [-0.2, -0.15) is 5.10 Å². The second kappa shape index (κ2) is 7.28. The molecule has 1 aliphatic rings. The third-order valence-electron chi connectivity index (χ3n) is 4.04. The van der Waals surface area contributed by atoms with E-state index in [0.717, 1.165) is 30.8 Å². The normalized spacial score (nSPS) is 17.4. The highest BCUT2D eigenvalue weighted by Crippen LogP contribution is 2.20. The van der Waals surface area contributed by atoms with E-state index in [0.29, 0.717) is 13.2 Å². The van der Waals surface area contributed by atoms with Gasteiger partial charge in [-0.15, -0.1) is 0 Å². The van der Waals surface area contributed by atoms with Gasteiger partial charge in [0.15, 0.2) is 0 Å². The van der Waals surface area contributed by atoms with Crippen LogP contribution in [0.5, 0.6) is 0 Å². The molecule has 1 fully saturated rings. The van der Waals surface area contributed by atoms with Crippen LogP contribution in [0.25, 0.3) is 5.69 Å². The number of carbonyl (C=O) groups is 1. The van der Waals surface area contributed by atoms with Crippen molar-refractivity contribution < 1.29 is 9.53 Å².